The van der Waals surface area contributed by atoms with Gasteiger partial charge in [0.1, 0.15) is 11.5 Å². The van der Waals surface area contributed by atoms with Crippen molar-refractivity contribution >= 4 is 5.91 Å². The van der Waals surface area contributed by atoms with Gasteiger partial charge in [-0.05, 0) is 38.8 Å². The molecule has 2 rings (SSSR count). The monoisotopic (exact) mass is 235 g/mol. The van der Waals surface area contributed by atoms with Crippen molar-refractivity contribution in [1.82, 2.24) is 0 Å². The molecule has 0 aromatic heterocycles. The first-order chi connectivity index (χ1) is 8.04. The topological polar surface area (TPSA) is 61.6 Å². The van der Waals surface area contributed by atoms with Gasteiger partial charge in [-0.15, -0.1) is 0 Å². The van der Waals surface area contributed by atoms with Gasteiger partial charge in [-0.1, -0.05) is 0 Å². The Morgan fingerprint density at radius 2 is 1.94 bits per heavy atom. The summed E-state index contributed by atoms with van der Waals surface area (Å²) in [5.74, 6) is 0.797. The molecule has 0 radical (unpaired) electrons. The summed E-state index contributed by atoms with van der Waals surface area (Å²) in [4.78, 5) is 11.2. The van der Waals surface area contributed by atoms with Crippen LogP contribution in [0.5, 0.6) is 11.5 Å². The summed E-state index contributed by atoms with van der Waals surface area (Å²) in [5, 5.41) is 0. The molecule has 4 heteroatoms. The largest absolute Gasteiger partial charge is 0.491 e. The second-order valence-electron chi connectivity index (χ2n) is 4.54. The Labute approximate surface area is 101 Å². The van der Waals surface area contributed by atoms with E-state index in [4.69, 9.17) is 15.2 Å². The Morgan fingerprint density at radius 1 is 1.29 bits per heavy atom. The molecule has 1 aliphatic carbocycles. The molecule has 1 aliphatic rings. The zero-order valence-electron chi connectivity index (χ0n) is 10.1. The van der Waals surface area contributed by atoms with Crippen LogP contribution < -0.4 is 15.2 Å². The van der Waals surface area contributed by atoms with Crippen molar-refractivity contribution < 1.29 is 14.3 Å². The molecule has 1 amide bonds. The van der Waals surface area contributed by atoms with Gasteiger partial charge in [-0.3, -0.25) is 4.79 Å². The van der Waals surface area contributed by atoms with Crippen LogP contribution >= 0.6 is 0 Å². The van der Waals surface area contributed by atoms with Crippen LogP contribution in [-0.2, 0) is 0 Å². The van der Waals surface area contributed by atoms with E-state index < -0.39 is 5.91 Å². The van der Waals surface area contributed by atoms with Crippen molar-refractivity contribution in [2.75, 3.05) is 0 Å². The molecule has 1 aromatic carbocycles. The molecule has 0 aliphatic heterocycles. The van der Waals surface area contributed by atoms with Crippen LogP contribution in [0.25, 0.3) is 0 Å². The van der Waals surface area contributed by atoms with Crippen LogP contribution in [0.2, 0.25) is 0 Å². The highest BCUT2D eigenvalue weighted by molar-refractivity contribution is 5.93. The second-order valence-corrected chi connectivity index (χ2v) is 4.54. The summed E-state index contributed by atoms with van der Waals surface area (Å²) in [7, 11) is 0. The molecule has 1 saturated carbocycles. The van der Waals surface area contributed by atoms with E-state index in [2.05, 4.69) is 0 Å². The number of benzene rings is 1. The van der Waals surface area contributed by atoms with Crippen LogP contribution in [0.4, 0.5) is 0 Å². The first kappa shape index (κ1) is 11.8. The first-order valence-electron chi connectivity index (χ1n) is 5.83. The predicted octanol–water partition coefficient (Wildman–Crippen LogP) is 2.11. The van der Waals surface area contributed by atoms with Gasteiger partial charge in [0.05, 0.1) is 12.2 Å². The summed E-state index contributed by atoms with van der Waals surface area (Å²) < 4.78 is 11.2. The fraction of sp³-hybridized carbons (Fsp3) is 0.462. The Hall–Kier alpha value is -1.71. The zero-order chi connectivity index (χ0) is 12.4. The quantitative estimate of drug-likeness (QED) is 0.850. The van der Waals surface area contributed by atoms with E-state index in [1.807, 2.05) is 13.8 Å². The maximum Gasteiger partial charge on any atom is 0.248 e. The van der Waals surface area contributed by atoms with Crippen molar-refractivity contribution in [3.05, 3.63) is 23.8 Å². The van der Waals surface area contributed by atoms with Gasteiger partial charge < -0.3 is 15.2 Å². The number of hydrogen-bond donors (Lipinski definition) is 1. The maximum atomic E-state index is 11.2. The lowest BCUT2D eigenvalue weighted by Gasteiger charge is -2.13. The number of amides is 1. The van der Waals surface area contributed by atoms with Crippen molar-refractivity contribution in [3.8, 4) is 11.5 Å². The third-order valence-electron chi connectivity index (χ3n) is 2.36. The average molecular weight is 235 g/mol. The number of primary amides is 1. The average Bonchev–Trinajstić information content (AvgIpc) is 3.00. The third kappa shape index (κ3) is 3.37. The van der Waals surface area contributed by atoms with E-state index in [0.717, 1.165) is 12.8 Å². The van der Waals surface area contributed by atoms with Crippen LogP contribution in [0.3, 0.4) is 0 Å². The first-order valence-corrected chi connectivity index (χ1v) is 5.83. The van der Waals surface area contributed by atoms with Crippen molar-refractivity contribution in [2.45, 2.75) is 38.9 Å². The molecule has 0 atom stereocenters. The smallest absolute Gasteiger partial charge is 0.248 e. The van der Waals surface area contributed by atoms with Crippen LogP contribution in [0, 0.1) is 0 Å². The number of hydrogen-bond acceptors (Lipinski definition) is 3. The van der Waals surface area contributed by atoms with E-state index in [9.17, 15) is 4.79 Å². The molecule has 0 spiro atoms. The van der Waals surface area contributed by atoms with E-state index in [0.29, 0.717) is 17.1 Å². The van der Waals surface area contributed by atoms with E-state index >= 15 is 0 Å². The summed E-state index contributed by atoms with van der Waals surface area (Å²) in [6, 6.07) is 5.10. The Balaban J connectivity index is 2.23. The minimum absolute atomic E-state index is 0.0481. The highest BCUT2D eigenvalue weighted by Gasteiger charge is 2.24. The summed E-state index contributed by atoms with van der Waals surface area (Å²) in [6.45, 7) is 3.86. The van der Waals surface area contributed by atoms with E-state index in [1.165, 1.54) is 0 Å². The molecular formula is C13H17NO3. The number of nitrogens with two attached hydrogens (primary N) is 1. The van der Waals surface area contributed by atoms with Gasteiger partial charge in [0.25, 0.3) is 0 Å². The number of carbonyl (C=O) groups excluding carboxylic acids is 1. The predicted molar refractivity (Wildman–Crippen MR) is 64.4 cm³/mol. The Bertz CT molecular complexity index is 402. The summed E-state index contributed by atoms with van der Waals surface area (Å²) >= 11 is 0. The Morgan fingerprint density at radius 3 is 2.47 bits per heavy atom. The highest BCUT2D eigenvalue weighted by Crippen LogP contribution is 2.30. The lowest BCUT2D eigenvalue weighted by molar-refractivity contribution is 0.0999. The normalized spacial score (nSPS) is 14.8. The molecule has 0 saturated heterocycles. The molecule has 17 heavy (non-hydrogen) atoms. The van der Waals surface area contributed by atoms with Gasteiger partial charge in [-0.2, -0.15) is 0 Å². The van der Waals surface area contributed by atoms with Crippen LogP contribution in [0.15, 0.2) is 18.2 Å². The van der Waals surface area contributed by atoms with E-state index in [-0.39, 0.29) is 12.2 Å². The summed E-state index contributed by atoms with van der Waals surface area (Å²) in [5.41, 5.74) is 5.69. The zero-order valence-corrected chi connectivity index (χ0v) is 10.1. The highest BCUT2D eigenvalue weighted by atomic mass is 16.5. The van der Waals surface area contributed by atoms with E-state index in [1.54, 1.807) is 18.2 Å². The van der Waals surface area contributed by atoms with Crippen molar-refractivity contribution in [1.29, 1.82) is 0 Å². The van der Waals surface area contributed by atoms with Gasteiger partial charge in [0, 0.05) is 11.6 Å². The molecule has 1 fully saturated rings. The van der Waals surface area contributed by atoms with Crippen molar-refractivity contribution in [2.24, 2.45) is 5.73 Å². The molecule has 0 bridgehead atoms. The summed E-state index contributed by atoms with van der Waals surface area (Å²) in [6.07, 6.45) is 2.47. The SMILES string of the molecule is CC(C)Oc1cc(OC2CC2)cc(C(N)=O)c1. The minimum atomic E-state index is -0.472. The Kier molecular flexibility index (Phi) is 3.22. The van der Waals surface area contributed by atoms with Crippen molar-refractivity contribution in [3.63, 3.8) is 0 Å². The van der Waals surface area contributed by atoms with Crippen LogP contribution in [-0.4, -0.2) is 18.1 Å². The fourth-order valence-electron chi connectivity index (χ4n) is 1.50. The second kappa shape index (κ2) is 4.65. The molecule has 0 unspecified atom stereocenters. The number of carbonyl (C=O) groups is 1. The third-order valence-corrected chi connectivity index (χ3v) is 2.36. The molecule has 1 aromatic rings. The lowest BCUT2D eigenvalue weighted by Crippen LogP contribution is -2.13. The molecule has 2 N–H and O–H groups in total. The number of rotatable bonds is 5. The maximum absolute atomic E-state index is 11.2. The molecule has 92 valence electrons. The van der Waals surface area contributed by atoms with Gasteiger partial charge in [0.2, 0.25) is 5.91 Å². The van der Waals surface area contributed by atoms with Gasteiger partial charge in [-0.25, -0.2) is 0 Å². The fourth-order valence-corrected chi connectivity index (χ4v) is 1.50. The van der Waals surface area contributed by atoms with Gasteiger partial charge >= 0.3 is 0 Å². The lowest BCUT2D eigenvalue weighted by atomic mass is 10.2. The molecule has 0 heterocycles. The van der Waals surface area contributed by atoms with Crippen LogP contribution in [0.1, 0.15) is 37.0 Å². The number of ether oxygens (including phenoxy) is 2. The molecular weight excluding hydrogens is 218 g/mol. The standard InChI is InChI=1S/C13H17NO3/c1-8(2)16-11-5-9(13(14)15)6-12(7-11)17-10-3-4-10/h5-8,10H,3-4H2,1-2H3,(H2,14,15). The van der Waals surface area contributed by atoms with Gasteiger partial charge in [0.15, 0.2) is 0 Å². The minimum Gasteiger partial charge on any atom is -0.491 e. The molecule has 4 nitrogen and oxygen atoms in total.